The molecule has 4 rings (SSSR count). The highest BCUT2D eigenvalue weighted by Gasteiger charge is 2.30. The third-order valence-electron chi connectivity index (χ3n) is 5.59. The van der Waals surface area contributed by atoms with Crippen molar-refractivity contribution in [3.8, 4) is 0 Å². The highest BCUT2D eigenvalue weighted by atomic mass is 16.2. The lowest BCUT2D eigenvalue weighted by Crippen LogP contribution is -2.44. The lowest BCUT2D eigenvalue weighted by atomic mass is 9.96. The molecule has 30 heavy (non-hydrogen) atoms. The number of likely N-dealkylation sites (tertiary alicyclic amines) is 1. The monoisotopic (exact) mass is 407 g/mol. The number of hydrogen-bond donors (Lipinski definition) is 2. The van der Waals surface area contributed by atoms with E-state index in [1.807, 2.05) is 25.1 Å². The topological polar surface area (TPSA) is 94.6 Å². The van der Waals surface area contributed by atoms with E-state index in [1.165, 1.54) is 0 Å². The van der Waals surface area contributed by atoms with Gasteiger partial charge in [0.1, 0.15) is 5.82 Å². The van der Waals surface area contributed by atoms with Crippen LogP contribution in [0.2, 0.25) is 0 Å². The van der Waals surface area contributed by atoms with Crippen LogP contribution < -0.4 is 15.5 Å². The van der Waals surface area contributed by atoms with Crippen LogP contribution in [0.4, 0.5) is 16.3 Å². The average Bonchev–Trinajstić information content (AvgIpc) is 3.21. The van der Waals surface area contributed by atoms with Gasteiger partial charge >= 0.3 is 6.03 Å². The summed E-state index contributed by atoms with van der Waals surface area (Å²) in [7, 11) is 0. The van der Waals surface area contributed by atoms with E-state index < -0.39 is 0 Å². The Kier molecular flexibility index (Phi) is 5.65. The number of hydrogen-bond acceptors (Lipinski definition) is 4. The van der Waals surface area contributed by atoms with Gasteiger partial charge < -0.3 is 15.5 Å². The van der Waals surface area contributed by atoms with Crippen LogP contribution in [0.15, 0.2) is 42.6 Å². The first-order valence-corrected chi connectivity index (χ1v) is 10.2. The number of aryl methyl sites for hydroxylation is 1. The Morgan fingerprint density at radius 2 is 2.07 bits per heavy atom. The van der Waals surface area contributed by atoms with Crippen LogP contribution in [0.3, 0.4) is 0 Å². The quantitative estimate of drug-likeness (QED) is 0.814. The van der Waals surface area contributed by atoms with Crippen molar-refractivity contribution in [1.82, 2.24) is 15.2 Å². The second kappa shape index (κ2) is 8.52. The number of urea groups is 1. The van der Waals surface area contributed by atoms with Gasteiger partial charge in [0.15, 0.2) is 0 Å². The minimum atomic E-state index is -0.281. The molecule has 4 amide bonds. The SMILES string of the molecule is Cc1cccnc1NC(=O)C1CCCN(C(=O)c2cccc(N3CCNC3=O)c2)C1. The maximum atomic E-state index is 13.1. The molecule has 0 bridgehead atoms. The van der Waals surface area contributed by atoms with Crippen LogP contribution in [0.5, 0.6) is 0 Å². The zero-order valence-corrected chi connectivity index (χ0v) is 16.9. The maximum Gasteiger partial charge on any atom is 0.321 e. The fourth-order valence-corrected chi connectivity index (χ4v) is 3.92. The molecule has 2 aliphatic rings. The normalized spacial score (nSPS) is 18.8. The molecule has 2 saturated heterocycles. The molecule has 1 aromatic heterocycles. The van der Waals surface area contributed by atoms with Crippen molar-refractivity contribution in [3.05, 3.63) is 53.7 Å². The van der Waals surface area contributed by atoms with Gasteiger partial charge in [-0.25, -0.2) is 9.78 Å². The van der Waals surface area contributed by atoms with Crippen LogP contribution >= 0.6 is 0 Å². The number of anilines is 2. The molecule has 156 valence electrons. The molecule has 2 fully saturated rings. The van der Waals surface area contributed by atoms with E-state index >= 15 is 0 Å². The van der Waals surface area contributed by atoms with Crippen LogP contribution in [-0.2, 0) is 4.79 Å². The van der Waals surface area contributed by atoms with Gasteiger partial charge in [0.05, 0.1) is 5.92 Å². The second-order valence-electron chi connectivity index (χ2n) is 7.68. The Bertz CT molecular complexity index is 977. The number of nitrogens with one attached hydrogen (secondary N) is 2. The second-order valence-corrected chi connectivity index (χ2v) is 7.68. The first-order valence-electron chi connectivity index (χ1n) is 10.2. The summed E-state index contributed by atoms with van der Waals surface area (Å²) in [5.41, 5.74) is 2.12. The Hall–Kier alpha value is -3.42. The largest absolute Gasteiger partial charge is 0.338 e. The van der Waals surface area contributed by atoms with Crippen LogP contribution in [0.25, 0.3) is 0 Å². The van der Waals surface area contributed by atoms with E-state index in [1.54, 1.807) is 34.2 Å². The van der Waals surface area contributed by atoms with Crippen LogP contribution in [0, 0.1) is 12.8 Å². The molecule has 2 aliphatic heterocycles. The van der Waals surface area contributed by atoms with Crippen LogP contribution in [0.1, 0.15) is 28.8 Å². The summed E-state index contributed by atoms with van der Waals surface area (Å²) < 4.78 is 0. The predicted molar refractivity (Wildman–Crippen MR) is 113 cm³/mol. The number of piperidine rings is 1. The molecule has 2 aromatic rings. The highest BCUT2D eigenvalue weighted by Crippen LogP contribution is 2.23. The van der Waals surface area contributed by atoms with Gasteiger partial charge in [-0.05, 0) is 49.6 Å². The minimum absolute atomic E-state index is 0.114. The standard InChI is InChI=1S/C22H25N5O3/c1-15-5-3-9-23-19(15)25-20(28)17-7-4-11-26(14-17)21(29)16-6-2-8-18(13-16)27-12-10-24-22(27)30/h2-3,5-6,8-9,13,17H,4,7,10-12,14H2,1H3,(H,24,30)(H,23,25,28). The Labute approximate surface area is 175 Å². The van der Waals surface area contributed by atoms with E-state index in [-0.39, 0.29) is 23.8 Å². The average molecular weight is 407 g/mol. The molecule has 8 heteroatoms. The summed E-state index contributed by atoms with van der Waals surface area (Å²) >= 11 is 0. The molecule has 0 aliphatic carbocycles. The number of pyridine rings is 1. The van der Waals surface area contributed by atoms with Crippen molar-refractivity contribution in [3.63, 3.8) is 0 Å². The number of carbonyl (C=O) groups excluding carboxylic acids is 3. The fourth-order valence-electron chi connectivity index (χ4n) is 3.92. The van der Waals surface area contributed by atoms with E-state index in [2.05, 4.69) is 15.6 Å². The van der Waals surface area contributed by atoms with E-state index in [0.717, 1.165) is 18.4 Å². The molecule has 0 spiro atoms. The smallest absolute Gasteiger partial charge is 0.321 e. The van der Waals surface area contributed by atoms with Crippen molar-refractivity contribution in [1.29, 1.82) is 0 Å². The number of carbonyl (C=O) groups is 3. The summed E-state index contributed by atoms with van der Waals surface area (Å²) in [6.07, 6.45) is 3.14. The summed E-state index contributed by atoms with van der Waals surface area (Å²) in [5.74, 6) is 0.0407. The third kappa shape index (κ3) is 4.12. The molecule has 1 aromatic carbocycles. The molecule has 3 heterocycles. The summed E-state index contributed by atoms with van der Waals surface area (Å²) in [6, 6.07) is 10.7. The van der Waals surface area contributed by atoms with Gasteiger partial charge in [-0.2, -0.15) is 0 Å². The number of nitrogens with zero attached hydrogens (tertiary/aromatic N) is 3. The van der Waals surface area contributed by atoms with Crippen molar-refractivity contribution in [2.75, 3.05) is 36.4 Å². The first kappa shape index (κ1) is 19.9. The minimum Gasteiger partial charge on any atom is -0.338 e. The first-order chi connectivity index (χ1) is 14.5. The van der Waals surface area contributed by atoms with Gasteiger partial charge in [-0.3, -0.25) is 14.5 Å². The van der Waals surface area contributed by atoms with Crippen molar-refractivity contribution in [2.45, 2.75) is 19.8 Å². The molecule has 8 nitrogen and oxygen atoms in total. The van der Waals surface area contributed by atoms with Gasteiger partial charge in [0.25, 0.3) is 5.91 Å². The van der Waals surface area contributed by atoms with Crippen molar-refractivity contribution in [2.24, 2.45) is 5.92 Å². The molecule has 1 unspecified atom stereocenters. The number of benzene rings is 1. The summed E-state index contributed by atoms with van der Waals surface area (Å²) in [6.45, 7) is 4.04. The van der Waals surface area contributed by atoms with Crippen molar-refractivity contribution >= 4 is 29.4 Å². The van der Waals surface area contributed by atoms with E-state index in [0.29, 0.717) is 43.2 Å². The molecule has 2 N–H and O–H groups in total. The van der Waals surface area contributed by atoms with E-state index in [4.69, 9.17) is 0 Å². The van der Waals surface area contributed by atoms with E-state index in [9.17, 15) is 14.4 Å². The maximum absolute atomic E-state index is 13.1. The molecular weight excluding hydrogens is 382 g/mol. The number of rotatable bonds is 4. The van der Waals surface area contributed by atoms with Crippen molar-refractivity contribution < 1.29 is 14.4 Å². The van der Waals surface area contributed by atoms with Gasteiger partial charge in [-0.1, -0.05) is 12.1 Å². The Balaban J connectivity index is 1.44. The molecule has 1 atom stereocenters. The molecule has 0 radical (unpaired) electrons. The third-order valence-corrected chi connectivity index (χ3v) is 5.59. The predicted octanol–water partition coefficient (Wildman–Crippen LogP) is 2.41. The van der Waals surface area contributed by atoms with Gasteiger partial charge in [0, 0.05) is 43.6 Å². The van der Waals surface area contributed by atoms with Gasteiger partial charge in [-0.15, -0.1) is 0 Å². The fraction of sp³-hybridized carbons (Fsp3) is 0.364. The Morgan fingerprint density at radius 1 is 1.20 bits per heavy atom. The lowest BCUT2D eigenvalue weighted by Gasteiger charge is -2.32. The molecule has 0 saturated carbocycles. The number of amides is 4. The highest BCUT2D eigenvalue weighted by molar-refractivity contribution is 5.99. The molecular formula is C22H25N5O3. The number of aromatic nitrogens is 1. The van der Waals surface area contributed by atoms with Gasteiger partial charge in [0.2, 0.25) is 5.91 Å². The summed E-state index contributed by atoms with van der Waals surface area (Å²) in [4.78, 5) is 45.3. The summed E-state index contributed by atoms with van der Waals surface area (Å²) in [5, 5.41) is 5.66. The zero-order valence-electron chi connectivity index (χ0n) is 16.9. The van der Waals surface area contributed by atoms with Crippen LogP contribution in [-0.4, -0.2) is 53.9 Å². The zero-order chi connectivity index (χ0) is 21.1. The Morgan fingerprint density at radius 3 is 2.83 bits per heavy atom. The lowest BCUT2D eigenvalue weighted by molar-refractivity contribution is -0.121.